The highest BCUT2D eigenvalue weighted by Gasteiger charge is 2.16. The zero-order valence-electron chi connectivity index (χ0n) is 19.5. The molecule has 4 heteroatoms. The summed E-state index contributed by atoms with van der Waals surface area (Å²) in [5.74, 6) is 0. The Bertz CT molecular complexity index is 553. The number of nitrogens with one attached hydrogen (secondary N) is 2. The Morgan fingerprint density at radius 1 is 0.767 bits per heavy atom. The van der Waals surface area contributed by atoms with Crippen LogP contribution in [0.5, 0.6) is 0 Å². The van der Waals surface area contributed by atoms with E-state index in [0.29, 0.717) is 0 Å². The molecule has 30 heavy (non-hydrogen) atoms. The van der Waals surface area contributed by atoms with E-state index in [0.717, 1.165) is 38.6 Å². The minimum absolute atomic E-state index is 0.787. The van der Waals surface area contributed by atoms with E-state index in [1.54, 1.807) is 0 Å². The molecule has 0 amide bonds. The van der Waals surface area contributed by atoms with Crippen molar-refractivity contribution in [2.75, 3.05) is 52.4 Å². The molecule has 1 atom stereocenters. The number of nitrogens with zero attached hydrogens (tertiary/aromatic N) is 2. The normalized spacial score (nSPS) is 21.2. The quantitative estimate of drug-likeness (QED) is 0.477. The van der Waals surface area contributed by atoms with Crippen molar-refractivity contribution >= 4 is 0 Å². The summed E-state index contributed by atoms with van der Waals surface area (Å²) in [6, 6.07) is 10.00. The van der Waals surface area contributed by atoms with Crippen molar-refractivity contribution < 1.29 is 0 Å². The van der Waals surface area contributed by atoms with Crippen molar-refractivity contribution in [2.45, 2.75) is 77.3 Å². The van der Waals surface area contributed by atoms with Crippen molar-refractivity contribution in [3.05, 3.63) is 35.4 Å². The summed E-state index contributed by atoms with van der Waals surface area (Å²) in [4.78, 5) is 5.30. The van der Waals surface area contributed by atoms with Crippen molar-refractivity contribution in [2.24, 2.45) is 0 Å². The number of rotatable bonds is 13. The van der Waals surface area contributed by atoms with Gasteiger partial charge in [-0.05, 0) is 115 Å². The Hall–Kier alpha value is -0.940. The lowest BCUT2D eigenvalue weighted by molar-refractivity contribution is 0.159. The van der Waals surface area contributed by atoms with Gasteiger partial charge < -0.3 is 20.4 Å². The van der Waals surface area contributed by atoms with Crippen LogP contribution in [-0.4, -0.2) is 68.2 Å². The van der Waals surface area contributed by atoms with Gasteiger partial charge in [-0.3, -0.25) is 0 Å². The second-order valence-electron chi connectivity index (χ2n) is 9.48. The van der Waals surface area contributed by atoms with Crippen molar-refractivity contribution in [3.8, 4) is 0 Å². The molecular formula is C26H46N4. The maximum Gasteiger partial charge on any atom is 0.0205 e. The first kappa shape index (κ1) is 23.7. The van der Waals surface area contributed by atoms with Gasteiger partial charge in [-0.15, -0.1) is 0 Å². The van der Waals surface area contributed by atoms with E-state index in [2.05, 4.69) is 51.6 Å². The molecule has 0 radical (unpaired) electrons. The van der Waals surface area contributed by atoms with Gasteiger partial charge in [0.15, 0.2) is 0 Å². The lowest BCUT2D eigenvalue weighted by Crippen LogP contribution is -2.38. The van der Waals surface area contributed by atoms with E-state index in [9.17, 15) is 0 Å². The van der Waals surface area contributed by atoms with E-state index in [1.807, 2.05) is 0 Å². The predicted molar refractivity (Wildman–Crippen MR) is 129 cm³/mol. The van der Waals surface area contributed by atoms with Crippen LogP contribution in [0, 0.1) is 0 Å². The van der Waals surface area contributed by atoms with Crippen molar-refractivity contribution in [1.82, 2.24) is 20.4 Å². The molecule has 0 aliphatic carbocycles. The fraction of sp³-hybridized carbons (Fsp3) is 0.769. The summed E-state index contributed by atoms with van der Waals surface area (Å²) in [7, 11) is 0. The minimum atomic E-state index is 0.787. The van der Waals surface area contributed by atoms with Gasteiger partial charge in [-0.2, -0.15) is 0 Å². The summed E-state index contributed by atoms with van der Waals surface area (Å²) >= 11 is 0. The SMILES string of the molecule is CC1CCCCN1CCCNCc1ccc(CCNCCCN2CCCCC2)cc1. The zero-order valence-corrected chi connectivity index (χ0v) is 19.5. The van der Waals surface area contributed by atoms with Gasteiger partial charge >= 0.3 is 0 Å². The van der Waals surface area contributed by atoms with Crippen LogP contribution < -0.4 is 10.6 Å². The van der Waals surface area contributed by atoms with E-state index in [-0.39, 0.29) is 0 Å². The van der Waals surface area contributed by atoms with Crippen molar-refractivity contribution in [3.63, 3.8) is 0 Å². The second kappa shape index (κ2) is 14.2. The van der Waals surface area contributed by atoms with Crippen LogP contribution in [0.3, 0.4) is 0 Å². The molecule has 2 aliphatic rings. The van der Waals surface area contributed by atoms with Gasteiger partial charge in [0.2, 0.25) is 0 Å². The molecule has 1 unspecified atom stereocenters. The molecule has 2 aliphatic heterocycles. The molecule has 0 saturated carbocycles. The van der Waals surface area contributed by atoms with Gasteiger partial charge in [0.1, 0.15) is 0 Å². The third kappa shape index (κ3) is 9.05. The largest absolute Gasteiger partial charge is 0.316 e. The lowest BCUT2D eigenvalue weighted by Gasteiger charge is -2.33. The summed E-state index contributed by atoms with van der Waals surface area (Å²) in [5.41, 5.74) is 2.85. The Kier molecular flexibility index (Phi) is 11.2. The van der Waals surface area contributed by atoms with Gasteiger partial charge in [-0.1, -0.05) is 37.1 Å². The molecule has 2 fully saturated rings. The maximum absolute atomic E-state index is 3.63. The molecule has 2 N–H and O–H groups in total. The summed E-state index contributed by atoms with van der Waals surface area (Å²) < 4.78 is 0. The lowest BCUT2D eigenvalue weighted by atomic mass is 10.0. The van der Waals surface area contributed by atoms with E-state index in [4.69, 9.17) is 0 Å². The standard InChI is InChI=1S/C26H46N4/c1-24-9-3-6-21-30(24)22-8-16-28-23-26-12-10-25(11-13-26)14-17-27-15-7-20-29-18-4-2-5-19-29/h10-13,24,27-28H,2-9,14-23H2,1H3. The van der Waals surface area contributed by atoms with E-state index in [1.165, 1.54) is 95.2 Å². The smallest absolute Gasteiger partial charge is 0.0205 e. The van der Waals surface area contributed by atoms with Crippen LogP contribution >= 0.6 is 0 Å². The number of likely N-dealkylation sites (tertiary alicyclic amines) is 2. The van der Waals surface area contributed by atoms with Gasteiger partial charge in [-0.25, -0.2) is 0 Å². The molecular weight excluding hydrogens is 368 g/mol. The molecule has 2 saturated heterocycles. The number of piperidine rings is 2. The number of benzene rings is 1. The van der Waals surface area contributed by atoms with Gasteiger partial charge in [0.05, 0.1) is 0 Å². The monoisotopic (exact) mass is 414 g/mol. The fourth-order valence-electron chi connectivity index (χ4n) is 4.92. The molecule has 1 aromatic carbocycles. The van der Waals surface area contributed by atoms with Gasteiger partial charge in [0.25, 0.3) is 0 Å². The first-order chi connectivity index (χ1) is 14.8. The van der Waals surface area contributed by atoms with Crippen LogP contribution in [0.4, 0.5) is 0 Å². The Morgan fingerprint density at radius 2 is 1.47 bits per heavy atom. The van der Waals surface area contributed by atoms with Crippen LogP contribution in [0.1, 0.15) is 69.4 Å². The van der Waals surface area contributed by atoms with Crippen LogP contribution in [0.25, 0.3) is 0 Å². The minimum Gasteiger partial charge on any atom is -0.316 e. The molecule has 2 heterocycles. The summed E-state index contributed by atoms with van der Waals surface area (Å²) in [6.45, 7) is 13.2. The second-order valence-corrected chi connectivity index (χ2v) is 9.48. The molecule has 1 aromatic rings. The molecule has 3 rings (SSSR count). The molecule has 4 nitrogen and oxygen atoms in total. The van der Waals surface area contributed by atoms with Crippen LogP contribution in [0.15, 0.2) is 24.3 Å². The predicted octanol–water partition coefficient (Wildman–Crippen LogP) is 4.05. The van der Waals surface area contributed by atoms with Crippen molar-refractivity contribution in [1.29, 1.82) is 0 Å². The number of hydrogen-bond donors (Lipinski definition) is 2. The highest BCUT2D eigenvalue weighted by atomic mass is 15.2. The fourth-order valence-corrected chi connectivity index (χ4v) is 4.92. The first-order valence-corrected chi connectivity index (χ1v) is 12.8. The molecule has 0 aromatic heterocycles. The zero-order chi connectivity index (χ0) is 20.9. The summed E-state index contributed by atoms with van der Waals surface area (Å²) in [6.07, 6.45) is 12.1. The average molecular weight is 415 g/mol. The van der Waals surface area contributed by atoms with E-state index >= 15 is 0 Å². The molecule has 0 bridgehead atoms. The third-order valence-electron chi connectivity index (χ3n) is 6.96. The molecule has 170 valence electrons. The van der Waals surface area contributed by atoms with Crippen LogP contribution in [0.2, 0.25) is 0 Å². The van der Waals surface area contributed by atoms with E-state index < -0.39 is 0 Å². The highest BCUT2D eigenvalue weighted by molar-refractivity contribution is 5.22. The summed E-state index contributed by atoms with van der Waals surface area (Å²) in [5, 5.41) is 7.25. The van der Waals surface area contributed by atoms with Crippen LogP contribution in [-0.2, 0) is 13.0 Å². The Balaban J connectivity index is 1.18. The third-order valence-corrected chi connectivity index (χ3v) is 6.96. The average Bonchev–Trinajstić information content (AvgIpc) is 2.79. The first-order valence-electron chi connectivity index (χ1n) is 12.8. The van der Waals surface area contributed by atoms with Gasteiger partial charge in [0, 0.05) is 12.6 Å². The number of hydrogen-bond acceptors (Lipinski definition) is 4. The Labute approximate surface area is 185 Å². The Morgan fingerprint density at radius 3 is 2.27 bits per heavy atom. The maximum atomic E-state index is 3.63. The highest BCUT2D eigenvalue weighted by Crippen LogP contribution is 2.16. The molecule has 0 spiro atoms. The topological polar surface area (TPSA) is 30.5 Å².